The van der Waals surface area contributed by atoms with E-state index in [1.165, 1.54) is 0 Å². The number of hydrogen-bond acceptors (Lipinski definition) is 6. The van der Waals surface area contributed by atoms with E-state index in [0.29, 0.717) is 37.6 Å². The fourth-order valence-corrected chi connectivity index (χ4v) is 4.02. The highest BCUT2D eigenvalue weighted by molar-refractivity contribution is 7.09. The molecule has 0 radical (unpaired) electrons. The van der Waals surface area contributed by atoms with Crippen LogP contribution in [0.5, 0.6) is 0 Å². The molecule has 1 aliphatic heterocycles. The Bertz CT molecular complexity index is 775. The number of halogens is 1. The van der Waals surface area contributed by atoms with E-state index in [0.717, 1.165) is 16.4 Å². The summed E-state index contributed by atoms with van der Waals surface area (Å²) in [6.07, 6.45) is -0.436. The van der Waals surface area contributed by atoms with E-state index in [1.54, 1.807) is 36.3 Å². The van der Waals surface area contributed by atoms with E-state index < -0.39 is 6.17 Å². The van der Waals surface area contributed by atoms with Gasteiger partial charge in [0.25, 0.3) is 5.91 Å². The van der Waals surface area contributed by atoms with E-state index in [1.807, 2.05) is 19.2 Å². The molecule has 3 rings (SSSR count). The van der Waals surface area contributed by atoms with Crippen LogP contribution in [0.2, 0.25) is 0 Å². The minimum Gasteiger partial charge on any atom is -0.339 e. The summed E-state index contributed by atoms with van der Waals surface area (Å²) >= 11 is 1.60. The molecule has 1 aliphatic rings. The largest absolute Gasteiger partial charge is 0.339 e. The summed E-state index contributed by atoms with van der Waals surface area (Å²) in [6.45, 7) is 7.04. The predicted molar refractivity (Wildman–Crippen MR) is 99.0 cm³/mol. The molecular formula is C18H24FN5OS. The second kappa shape index (κ2) is 7.75. The Hall–Kier alpha value is -1.93. The molecule has 8 heteroatoms. The fraction of sp³-hybridized carbons (Fsp3) is 0.556. The van der Waals surface area contributed by atoms with E-state index in [-0.39, 0.29) is 11.9 Å². The second-order valence-electron chi connectivity index (χ2n) is 6.90. The number of likely N-dealkylation sites (N-methyl/N-ethyl adjacent to an activating group) is 1. The van der Waals surface area contributed by atoms with Crippen LogP contribution in [0, 0.1) is 20.8 Å². The predicted octanol–water partition coefficient (Wildman–Crippen LogP) is 2.54. The van der Waals surface area contributed by atoms with Crippen LogP contribution in [-0.4, -0.2) is 63.0 Å². The molecule has 0 unspecified atom stereocenters. The zero-order valence-corrected chi connectivity index (χ0v) is 16.4. The van der Waals surface area contributed by atoms with Gasteiger partial charge in [-0.05, 0) is 33.3 Å². The Morgan fingerprint density at radius 3 is 2.77 bits per heavy atom. The average Bonchev–Trinajstić information content (AvgIpc) is 3.11. The molecule has 0 N–H and O–H groups in total. The van der Waals surface area contributed by atoms with Crippen molar-refractivity contribution in [1.29, 1.82) is 0 Å². The lowest BCUT2D eigenvalue weighted by Crippen LogP contribution is -2.41. The zero-order chi connectivity index (χ0) is 18.8. The highest BCUT2D eigenvalue weighted by Crippen LogP contribution is 2.24. The highest BCUT2D eigenvalue weighted by Gasteiger charge is 2.34. The lowest BCUT2D eigenvalue weighted by atomic mass is 10.2. The summed E-state index contributed by atoms with van der Waals surface area (Å²) in [5, 5.41) is 3.02. The molecule has 2 atom stereocenters. The Morgan fingerprint density at radius 1 is 1.35 bits per heavy atom. The van der Waals surface area contributed by atoms with Crippen LogP contribution >= 0.6 is 11.3 Å². The van der Waals surface area contributed by atoms with Crippen molar-refractivity contribution < 1.29 is 9.18 Å². The summed E-state index contributed by atoms with van der Waals surface area (Å²) in [5.74, 6) is 0.414. The quantitative estimate of drug-likeness (QED) is 0.801. The van der Waals surface area contributed by atoms with Crippen molar-refractivity contribution in [3.8, 4) is 0 Å². The number of rotatable bonds is 5. The summed E-state index contributed by atoms with van der Waals surface area (Å²) in [4.78, 5) is 29.3. The number of likely N-dealkylation sites (tertiary alicyclic amines) is 1. The number of hydrogen-bond donors (Lipinski definition) is 0. The van der Waals surface area contributed by atoms with Gasteiger partial charge in [-0.25, -0.2) is 19.3 Å². The second-order valence-corrected chi connectivity index (χ2v) is 7.96. The Morgan fingerprint density at radius 2 is 2.12 bits per heavy atom. The van der Waals surface area contributed by atoms with Crippen molar-refractivity contribution in [2.75, 3.05) is 20.1 Å². The summed E-state index contributed by atoms with van der Waals surface area (Å²) in [6, 6.07) is 1.67. The van der Waals surface area contributed by atoms with Crippen molar-refractivity contribution in [3.05, 3.63) is 39.4 Å². The maximum atomic E-state index is 14.0. The van der Waals surface area contributed by atoms with Crippen molar-refractivity contribution in [3.63, 3.8) is 0 Å². The first-order chi connectivity index (χ1) is 12.3. The van der Waals surface area contributed by atoms with Crippen LogP contribution in [0.1, 0.15) is 39.1 Å². The number of alkyl halides is 1. The first kappa shape index (κ1) is 18.8. The van der Waals surface area contributed by atoms with Gasteiger partial charge in [0.2, 0.25) is 0 Å². The van der Waals surface area contributed by atoms with E-state index >= 15 is 0 Å². The lowest BCUT2D eigenvalue weighted by molar-refractivity contribution is 0.0743. The molecule has 1 saturated heterocycles. The molecule has 26 heavy (non-hydrogen) atoms. The first-order valence-electron chi connectivity index (χ1n) is 8.68. The molecule has 140 valence electrons. The van der Waals surface area contributed by atoms with Gasteiger partial charge in [0.15, 0.2) is 0 Å². The molecular weight excluding hydrogens is 353 g/mol. The normalized spacial score (nSPS) is 20.5. The van der Waals surface area contributed by atoms with Gasteiger partial charge in [0.05, 0.1) is 10.7 Å². The number of carbonyl (C=O) groups excluding carboxylic acids is 1. The number of aryl methyl sites for hydroxylation is 3. The highest BCUT2D eigenvalue weighted by atomic mass is 32.1. The molecule has 0 aromatic carbocycles. The Balaban J connectivity index is 1.68. The van der Waals surface area contributed by atoms with Gasteiger partial charge in [-0.15, -0.1) is 11.3 Å². The third-order valence-electron chi connectivity index (χ3n) is 4.52. The number of amides is 1. The SMILES string of the molecule is Cc1cc(C(=O)N(C)C[C@@H]2C[C@H](F)CN2Cc2csc(C)n2)nc(C)n1. The number of nitrogens with zero attached hydrogens (tertiary/aromatic N) is 5. The molecule has 2 aromatic heterocycles. The van der Waals surface area contributed by atoms with E-state index in [4.69, 9.17) is 0 Å². The summed E-state index contributed by atoms with van der Waals surface area (Å²) in [7, 11) is 1.74. The smallest absolute Gasteiger partial charge is 0.272 e. The third kappa shape index (κ3) is 4.42. The van der Waals surface area contributed by atoms with Crippen molar-refractivity contribution in [2.24, 2.45) is 0 Å². The minimum atomic E-state index is -0.869. The molecule has 0 aliphatic carbocycles. The van der Waals surface area contributed by atoms with Crippen LogP contribution in [0.4, 0.5) is 4.39 Å². The molecule has 0 saturated carbocycles. The standard InChI is InChI=1S/C18H24FN5OS/c1-11-5-17(21-12(2)20-11)18(25)23(4)9-16-6-14(19)7-24(16)8-15-10-26-13(3)22-15/h5,10,14,16H,6-9H2,1-4H3/t14-,16-/m0/s1. The van der Waals surface area contributed by atoms with Crippen LogP contribution in [0.25, 0.3) is 0 Å². The molecule has 1 fully saturated rings. The Kier molecular flexibility index (Phi) is 5.62. The topological polar surface area (TPSA) is 62.2 Å². The molecule has 0 bridgehead atoms. The maximum absolute atomic E-state index is 14.0. The Labute approximate surface area is 157 Å². The number of aromatic nitrogens is 3. The first-order valence-corrected chi connectivity index (χ1v) is 9.56. The summed E-state index contributed by atoms with van der Waals surface area (Å²) < 4.78 is 14.0. The van der Waals surface area contributed by atoms with E-state index in [9.17, 15) is 9.18 Å². The average molecular weight is 377 g/mol. The van der Waals surface area contributed by atoms with Crippen LogP contribution in [0.15, 0.2) is 11.4 Å². The molecule has 2 aromatic rings. The molecule has 6 nitrogen and oxygen atoms in total. The van der Waals surface area contributed by atoms with Gasteiger partial charge in [0.1, 0.15) is 17.7 Å². The van der Waals surface area contributed by atoms with Gasteiger partial charge in [0, 0.05) is 43.8 Å². The fourth-order valence-electron chi connectivity index (χ4n) is 3.42. The van der Waals surface area contributed by atoms with Gasteiger partial charge < -0.3 is 4.90 Å². The monoisotopic (exact) mass is 377 g/mol. The van der Waals surface area contributed by atoms with Crippen molar-refractivity contribution in [2.45, 2.75) is 46.0 Å². The van der Waals surface area contributed by atoms with Crippen molar-refractivity contribution in [1.82, 2.24) is 24.8 Å². The van der Waals surface area contributed by atoms with Crippen LogP contribution < -0.4 is 0 Å². The van der Waals surface area contributed by atoms with Crippen molar-refractivity contribution >= 4 is 17.2 Å². The lowest BCUT2D eigenvalue weighted by Gasteiger charge is -2.27. The van der Waals surface area contributed by atoms with Crippen LogP contribution in [0.3, 0.4) is 0 Å². The van der Waals surface area contributed by atoms with Gasteiger partial charge >= 0.3 is 0 Å². The zero-order valence-electron chi connectivity index (χ0n) is 15.6. The van der Waals surface area contributed by atoms with Gasteiger partial charge in [-0.1, -0.05) is 0 Å². The molecule has 0 spiro atoms. The minimum absolute atomic E-state index is 0.0232. The summed E-state index contributed by atoms with van der Waals surface area (Å²) in [5.41, 5.74) is 2.11. The third-order valence-corrected chi connectivity index (χ3v) is 5.35. The van der Waals surface area contributed by atoms with Gasteiger partial charge in [-0.2, -0.15) is 0 Å². The van der Waals surface area contributed by atoms with Crippen LogP contribution in [-0.2, 0) is 6.54 Å². The number of carbonyl (C=O) groups is 1. The number of thiazole rings is 1. The molecule has 3 heterocycles. The van der Waals surface area contributed by atoms with E-state index in [2.05, 4.69) is 19.9 Å². The van der Waals surface area contributed by atoms with Gasteiger partial charge in [-0.3, -0.25) is 9.69 Å². The molecule has 1 amide bonds. The maximum Gasteiger partial charge on any atom is 0.272 e.